The smallest absolute Gasteiger partial charge is 0.134 e. The number of fused-ring (bicyclic) bond motifs is 1. The van der Waals surface area contributed by atoms with Gasteiger partial charge in [0.1, 0.15) is 11.5 Å². The normalized spacial score (nSPS) is 12.0. The molecule has 4 rings (SSSR count). The second kappa shape index (κ2) is 5.41. The number of hydrogen-bond acceptors (Lipinski definition) is 2. The van der Waals surface area contributed by atoms with Crippen LogP contribution in [0.1, 0.15) is 26.3 Å². The molecule has 0 aliphatic carbocycles. The van der Waals surface area contributed by atoms with Crippen LogP contribution in [0.15, 0.2) is 76.0 Å². The first kappa shape index (κ1) is 14.8. The summed E-state index contributed by atoms with van der Waals surface area (Å²) in [5, 5.41) is 2.47. The minimum Gasteiger partial charge on any atom is -0.464 e. The van der Waals surface area contributed by atoms with E-state index in [2.05, 4.69) is 51.1 Å². The molecule has 0 saturated heterocycles. The number of benzene rings is 2. The second-order valence-corrected chi connectivity index (χ2v) is 7.13. The lowest BCUT2D eigenvalue weighted by molar-refractivity contribution is 0.568. The molecule has 0 spiro atoms. The quantitative estimate of drug-likeness (QED) is 0.413. The molecular weight excluding hydrogens is 296 g/mol. The van der Waals surface area contributed by atoms with Crippen LogP contribution in [0.5, 0.6) is 0 Å². The van der Waals surface area contributed by atoms with Crippen LogP contribution in [0.3, 0.4) is 0 Å². The van der Waals surface area contributed by atoms with Crippen molar-refractivity contribution in [2.75, 3.05) is 0 Å². The van der Waals surface area contributed by atoms with E-state index in [4.69, 9.17) is 8.83 Å². The average molecular weight is 316 g/mol. The van der Waals surface area contributed by atoms with Gasteiger partial charge in [0.05, 0.1) is 12.5 Å². The third-order valence-corrected chi connectivity index (χ3v) is 4.36. The molecule has 0 saturated carbocycles. The molecule has 24 heavy (non-hydrogen) atoms. The molecule has 0 aliphatic heterocycles. The van der Waals surface area contributed by atoms with Crippen LogP contribution in [0, 0.1) is 0 Å². The second-order valence-electron chi connectivity index (χ2n) is 7.13. The van der Waals surface area contributed by atoms with E-state index in [-0.39, 0.29) is 5.41 Å². The Labute approximate surface area is 141 Å². The Morgan fingerprint density at radius 1 is 0.750 bits per heavy atom. The number of furan rings is 2. The molecule has 0 atom stereocenters. The van der Waals surface area contributed by atoms with Crippen LogP contribution in [0.25, 0.3) is 33.4 Å². The average Bonchev–Trinajstić information content (AvgIpc) is 3.25. The van der Waals surface area contributed by atoms with Gasteiger partial charge in [0.25, 0.3) is 0 Å². The molecule has 0 radical (unpaired) electrons. The Hall–Kier alpha value is -2.74. The summed E-state index contributed by atoms with van der Waals surface area (Å²) in [5.74, 6) is 1.81. The van der Waals surface area contributed by atoms with Crippen LogP contribution >= 0.6 is 0 Å². The monoisotopic (exact) mass is 316 g/mol. The van der Waals surface area contributed by atoms with Gasteiger partial charge in [0.2, 0.25) is 0 Å². The Bertz CT molecular complexity index is 969. The first-order valence-electron chi connectivity index (χ1n) is 8.19. The van der Waals surface area contributed by atoms with E-state index in [1.165, 1.54) is 16.3 Å². The molecule has 0 unspecified atom stereocenters. The summed E-state index contributed by atoms with van der Waals surface area (Å²) in [6.07, 6.45) is 3.44. The summed E-state index contributed by atoms with van der Waals surface area (Å²) in [5.41, 5.74) is 3.57. The molecule has 0 bridgehead atoms. The third kappa shape index (κ3) is 2.44. The van der Waals surface area contributed by atoms with Crippen molar-refractivity contribution >= 4 is 10.8 Å². The number of rotatable bonds is 2. The van der Waals surface area contributed by atoms with Crippen molar-refractivity contribution in [1.82, 2.24) is 0 Å². The van der Waals surface area contributed by atoms with Crippen LogP contribution in [-0.2, 0) is 5.41 Å². The van der Waals surface area contributed by atoms with Gasteiger partial charge in [-0.25, -0.2) is 0 Å². The van der Waals surface area contributed by atoms with Crippen LogP contribution < -0.4 is 0 Å². The topological polar surface area (TPSA) is 26.3 Å². The predicted octanol–water partition coefficient (Wildman–Crippen LogP) is 6.66. The van der Waals surface area contributed by atoms with Crippen LogP contribution in [0.2, 0.25) is 0 Å². The van der Waals surface area contributed by atoms with E-state index in [0.29, 0.717) is 0 Å². The predicted molar refractivity (Wildman–Crippen MR) is 98.1 cm³/mol. The van der Waals surface area contributed by atoms with Gasteiger partial charge in [-0.3, -0.25) is 0 Å². The fraction of sp³-hybridized carbons (Fsp3) is 0.182. The highest BCUT2D eigenvalue weighted by atomic mass is 16.3. The Morgan fingerprint density at radius 3 is 2.08 bits per heavy atom. The molecule has 2 aromatic heterocycles. The first-order valence-corrected chi connectivity index (χ1v) is 8.19. The molecular formula is C22H20O2. The molecule has 2 heteroatoms. The molecule has 0 amide bonds. The van der Waals surface area contributed by atoms with E-state index >= 15 is 0 Å². The SMILES string of the molecule is CC(C)(C)c1c(-c2ccco2)ccc2cc(-c3ccco3)ccc12. The fourth-order valence-electron chi connectivity index (χ4n) is 3.37. The van der Waals surface area contributed by atoms with Crippen LogP contribution in [-0.4, -0.2) is 0 Å². The van der Waals surface area contributed by atoms with E-state index in [1.807, 2.05) is 24.3 Å². The summed E-state index contributed by atoms with van der Waals surface area (Å²) >= 11 is 0. The highest BCUT2D eigenvalue weighted by Gasteiger charge is 2.23. The zero-order valence-electron chi connectivity index (χ0n) is 14.2. The number of hydrogen-bond donors (Lipinski definition) is 0. The highest BCUT2D eigenvalue weighted by Crippen LogP contribution is 2.39. The Kier molecular flexibility index (Phi) is 3.34. The maximum atomic E-state index is 5.67. The van der Waals surface area contributed by atoms with Gasteiger partial charge in [-0.1, -0.05) is 45.0 Å². The van der Waals surface area contributed by atoms with E-state index in [9.17, 15) is 0 Å². The van der Waals surface area contributed by atoms with E-state index < -0.39 is 0 Å². The maximum absolute atomic E-state index is 5.67. The molecule has 2 heterocycles. The lowest BCUT2D eigenvalue weighted by Crippen LogP contribution is -2.13. The van der Waals surface area contributed by atoms with Gasteiger partial charge in [-0.15, -0.1) is 0 Å². The molecule has 2 aromatic carbocycles. The zero-order chi connectivity index (χ0) is 16.7. The van der Waals surface area contributed by atoms with Gasteiger partial charge in [-0.2, -0.15) is 0 Å². The molecule has 0 fully saturated rings. The van der Waals surface area contributed by atoms with Crippen molar-refractivity contribution in [3.63, 3.8) is 0 Å². The summed E-state index contributed by atoms with van der Waals surface area (Å²) < 4.78 is 11.2. The van der Waals surface area contributed by atoms with Crippen molar-refractivity contribution in [1.29, 1.82) is 0 Å². The van der Waals surface area contributed by atoms with Gasteiger partial charge in [0, 0.05) is 11.1 Å². The van der Waals surface area contributed by atoms with Gasteiger partial charge >= 0.3 is 0 Å². The van der Waals surface area contributed by atoms with Gasteiger partial charge in [0.15, 0.2) is 0 Å². The minimum absolute atomic E-state index is 0.00777. The van der Waals surface area contributed by atoms with Crippen LogP contribution in [0.4, 0.5) is 0 Å². The molecule has 4 aromatic rings. The van der Waals surface area contributed by atoms with Crippen molar-refractivity contribution in [2.24, 2.45) is 0 Å². The summed E-state index contributed by atoms with van der Waals surface area (Å²) in [7, 11) is 0. The summed E-state index contributed by atoms with van der Waals surface area (Å²) in [6, 6.07) is 18.7. The van der Waals surface area contributed by atoms with Gasteiger partial charge in [-0.05, 0) is 52.1 Å². The molecule has 0 N–H and O–H groups in total. The standard InChI is InChI=1S/C22H20O2/c1-22(2,3)21-17-10-9-16(19-6-4-12-23-19)14-15(17)8-11-18(21)20-7-5-13-24-20/h4-14H,1-3H3. The fourth-order valence-corrected chi connectivity index (χ4v) is 3.37. The third-order valence-electron chi connectivity index (χ3n) is 4.36. The molecule has 120 valence electrons. The molecule has 2 nitrogen and oxygen atoms in total. The van der Waals surface area contributed by atoms with E-state index in [1.54, 1.807) is 12.5 Å². The maximum Gasteiger partial charge on any atom is 0.134 e. The van der Waals surface area contributed by atoms with Crippen molar-refractivity contribution in [2.45, 2.75) is 26.2 Å². The lowest BCUT2D eigenvalue weighted by Gasteiger charge is -2.24. The van der Waals surface area contributed by atoms with Crippen molar-refractivity contribution < 1.29 is 8.83 Å². The largest absolute Gasteiger partial charge is 0.464 e. The molecule has 0 aliphatic rings. The van der Waals surface area contributed by atoms with Crippen molar-refractivity contribution in [3.8, 4) is 22.6 Å². The van der Waals surface area contributed by atoms with Gasteiger partial charge < -0.3 is 8.83 Å². The lowest BCUT2D eigenvalue weighted by atomic mass is 9.79. The van der Waals surface area contributed by atoms with E-state index in [0.717, 1.165) is 22.6 Å². The summed E-state index contributed by atoms with van der Waals surface area (Å²) in [6.45, 7) is 6.73. The Balaban J connectivity index is 1.99. The first-order chi connectivity index (χ1) is 11.5. The summed E-state index contributed by atoms with van der Waals surface area (Å²) in [4.78, 5) is 0. The highest BCUT2D eigenvalue weighted by molar-refractivity contribution is 5.94. The zero-order valence-corrected chi connectivity index (χ0v) is 14.2. The van der Waals surface area contributed by atoms with Crippen molar-refractivity contribution in [3.05, 3.63) is 72.7 Å². The Morgan fingerprint density at radius 2 is 1.46 bits per heavy atom. The minimum atomic E-state index is 0.00777.